The maximum absolute atomic E-state index is 13.5. The largest absolute Gasteiger partial charge is 0.556 e. The lowest BCUT2D eigenvalue weighted by Crippen LogP contribution is -2.25. The average Bonchev–Trinajstić information content (AvgIpc) is 2.74. The lowest BCUT2D eigenvalue weighted by Gasteiger charge is -2.13. The highest BCUT2D eigenvalue weighted by molar-refractivity contribution is 14.1. The summed E-state index contributed by atoms with van der Waals surface area (Å²) in [5.74, 6) is -0.368. The van der Waals surface area contributed by atoms with Crippen LogP contribution in [-0.2, 0) is 9.39 Å². The van der Waals surface area contributed by atoms with Crippen LogP contribution in [0.1, 0.15) is 0 Å². The molecule has 99 valence electrons. The second kappa shape index (κ2) is 6.22. The van der Waals surface area contributed by atoms with Gasteiger partial charge in [0.15, 0.2) is 0 Å². The van der Waals surface area contributed by atoms with Gasteiger partial charge >= 0.3 is 13.6 Å². The fraction of sp³-hybridized carbons (Fsp3) is 0.273. The molecule has 2 rings (SSSR count). The number of carbonyl (C=O) groups is 1. The molecular formula is C11H10BFIN2O3. The zero-order valence-electron chi connectivity index (χ0n) is 9.81. The van der Waals surface area contributed by atoms with Crippen LogP contribution >= 0.6 is 22.6 Å². The van der Waals surface area contributed by atoms with Gasteiger partial charge in [-0.1, -0.05) is 0 Å². The Labute approximate surface area is 124 Å². The summed E-state index contributed by atoms with van der Waals surface area (Å²) < 4.78 is 23.7. The molecule has 1 atom stereocenters. The molecule has 1 aliphatic rings. The van der Waals surface area contributed by atoms with Gasteiger partial charge in [-0.2, -0.15) is 0 Å². The van der Waals surface area contributed by atoms with Crippen LogP contribution in [0.3, 0.4) is 0 Å². The summed E-state index contributed by atoms with van der Waals surface area (Å²) in [7, 11) is 1.39. The molecule has 0 unspecified atom stereocenters. The molecule has 0 bridgehead atoms. The standard InChI is InChI=1S/C11H10BFIN2O3/c13-9-3-7(1-2-10(9)14)16-5-8(19-11(16)17)4-12-18-6-15/h1-3,6,8,15H,4-5H2/t8-/m0/s1. The van der Waals surface area contributed by atoms with E-state index in [9.17, 15) is 9.18 Å². The third-order valence-electron chi connectivity index (χ3n) is 2.61. The summed E-state index contributed by atoms with van der Waals surface area (Å²) in [4.78, 5) is 13.1. The van der Waals surface area contributed by atoms with Gasteiger partial charge in [-0.25, -0.2) is 9.18 Å². The molecule has 19 heavy (non-hydrogen) atoms. The fourth-order valence-electron chi connectivity index (χ4n) is 1.72. The van der Waals surface area contributed by atoms with E-state index >= 15 is 0 Å². The SMILES string of the molecule is N=CO[B]C[C@H]1CN(c2ccc(I)c(F)c2)C(=O)O1. The maximum atomic E-state index is 13.5. The first kappa shape index (κ1) is 14.1. The van der Waals surface area contributed by atoms with Crippen molar-refractivity contribution in [2.45, 2.75) is 12.4 Å². The molecule has 0 spiro atoms. The zero-order valence-corrected chi connectivity index (χ0v) is 12.0. The smallest absolute Gasteiger partial charge is 0.414 e. The van der Waals surface area contributed by atoms with Gasteiger partial charge < -0.3 is 9.39 Å². The van der Waals surface area contributed by atoms with Gasteiger partial charge in [-0.05, 0) is 40.8 Å². The number of halogens is 2. The summed E-state index contributed by atoms with van der Waals surface area (Å²) in [6, 6.07) is 4.59. The minimum absolute atomic E-state index is 0.330. The first-order chi connectivity index (χ1) is 9.11. The monoisotopic (exact) mass is 375 g/mol. The van der Waals surface area contributed by atoms with Crippen LogP contribution in [0, 0.1) is 14.8 Å². The van der Waals surface area contributed by atoms with Crippen molar-refractivity contribution in [1.29, 1.82) is 5.41 Å². The number of cyclic esters (lactones) is 1. The first-order valence-corrected chi connectivity index (χ1v) is 6.59. The molecule has 1 radical (unpaired) electrons. The number of rotatable bonds is 5. The molecule has 5 nitrogen and oxygen atoms in total. The van der Waals surface area contributed by atoms with Gasteiger partial charge in [0.05, 0.1) is 12.2 Å². The number of nitrogens with zero attached hydrogens (tertiary/aromatic N) is 1. The second-order valence-electron chi connectivity index (χ2n) is 3.87. The molecule has 1 N–H and O–H groups in total. The Balaban J connectivity index is 2.02. The van der Waals surface area contributed by atoms with E-state index in [2.05, 4.69) is 4.65 Å². The highest BCUT2D eigenvalue weighted by atomic mass is 127. The maximum Gasteiger partial charge on any atom is 0.414 e. The van der Waals surface area contributed by atoms with Crippen LogP contribution in [0.15, 0.2) is 18.2 Å². The van der Waals surface area contributed by atoms with Crippen molar-refractivity contribution >= 4 is 48.3 Å². The number of anilines is 1. The van der Waals surface area contributed by atoms with E-state index in [1.54, 1.807) is 12.1 Å². The number of hydrogen-bond donors (Lipinski definition) is 1. The molecule has 1 aromatic rings. The molecule has 0 saturated carbocycles. The van der Waals surface area contributed by atoms with Crippen molar-refractivity contribution in [3.63, 3.8) is 0 Å². The van der Waals surface area contributed by atoms with E-state index in [1.807, 2.05) is 22.6 Å². The molecule has 1 aliphatic heterocycles. The minimum atomic E-state index is -0.506. The summed E-state index contributed by atoms with van der Waals surface area (Å²) in [5.41, 5.74) is 0.471. The lowest BCUT2D eigenvalue weighted by atomic mass is 9.91. The van der Waals surface area contributed by atoms with E-state index in [4.69, 9.17) is 10.1 Å². The summed E-state index contributed by atoms with van der Waals surface area (Å²) in [6.07, 6.45) is 0.316. The number of carbonyl (C=O) groups excluding carboxylic acids is 1. The van der Waals surface area contributed by atoms with Crippen LogP contribution in [0.4, 0.5) is 14.9 Å². The molecule has 1 aromatic carbocycles. The van der Waals surface area contributed by atoms with Crippen LogP contribution < -0.4 is 4.90 Å². The first-order valence-electron chi connectivity index (χ1n) is 5.51. The van der Waals surface area contributed by atoms with Crippen molar-refractivity contribution < 1.29 is 18.6 Å². The predicted molar refractivity (Wildman–Crippen MR) is 77.2 cm³/mol. The second-order valence-corrected chi connectivity index (χ2v) is 5.03. The average molecular weight is 375 g/mol. The van der Waals surface area contributed by atoms with Gasteiger partial charge in [0.2, 0.25) is 0 Å². The Morgan fingerprint density at radius 1 is 1.68 bits per heavy atom. The van der Waals surface area contributed by atoms with Gasteiger partial charge in [0.25, 0.3) is 0 Å². The van der Waals surface area contributed by atoms with Crippen LogP contribution in [0.2, 0.25) is 6.32 Å². The van der Waals surface area contributed by atoms with E-state index in [1.165, 1.54) is 18.4 Å². The quantitative estimate of drug-likeness (QED) is 0.283. The predicted octanol–water partition coefficient (Wildman–Crippen LogP) is 2.42. The Bertz CT molecular complexity index is 503. The summed E-state index contributed by atoms with van der Waals surface area (Å²) >= 11 is 1.88. The molecule has 1 amide bonds. The Hall–Kier alpha value is -1.32. The minimum Gasteiger partial charge on any atom is -0.556 e. The van der Waals surface area contributed by atoms with Gasteiger partial charge in [-0.3, -0.25) is 10.3 Å². The van der Waals surface area contributed by atoms with Crippen molar-refractivity contribution in [2.75, 3.05) is 11.4 Å². The molecule has 1 heterocycles. The van der Waals surface area contributed by atoms with E-state index in [0.717, 1.165) is 6.40 Å². The normalized spacial score (nSPS) is 18.1. The van der Waals surface area contributed by atoms with Crippen molar-refractivity contribution in [1.82, 2.24) is 0 Å². The highest BCUT2D eigenvalue weighted by Gasteiger charge is 2.32. The molecule has 1 fully saturated rings. The molecular weight excluding hydrogens is 365 g/mol. The Kier molecular flexibility index (Phi) is 4.62. The molecule has 0 aliphatic carbocycles. The number of benzene rings is 1. The third kappa shape index (κ3) is 3.37. The van der Waals surface area contributed by atoms with Gasteiger partial charge in [-0.15, -0.1) is 0 Å². The number of hydrogen-bond acceptors (Lipinski definition) is 4. The fourth-order valence-corrected chi connectivity index (χ4v) is 2.05. The van der Waals surface area contributed by atoms with Crippen LogP contribution in [0.5, 0.6) is 0 Å². The summed E-state index contributed by atoms with van der Waals surface area (Å²) in [5, 5.41) is 6.70. The lowest BCUT2D eigenvalue weighted by molar-refractivity contribution is 0.149. The van der Waals surface area contributed by atoms with Crippen molar-refractivity contribution in [3.8, 4) is 0 Å². The third-order valence-corrected chi connectivity index (χ3v) is 3.49. The van der Waals surface area contributed by atoms with Crippen molar-refractivity contribution in [2.24, 2.45) is 0 Å². The van der Waals surface area contributed by atoms with Gasteiger partial charge in [0.1, 0.15) is 18.3 Å². The van der Waals surface area contributed by atoms with E-state index < -0.39 is 6.09 Å². The van der Waals surface area contributed by atoms with E-state index in [0.29, 0.717) is 22.1 Å². The highest BCUT2D eigenvalue weighted by Crippen LogP contribution is 2.25. The molecule has 8 heteroatoms. The van der Waals surface area contributed by atoms with Crippen LogP contribution in [0.25, 0.3) is 0 Å². The topological polar surface area (TPSA) is 62.6 Å². The zero-order chi connectivity index (χ0) is 13.8. The Morgan fingerprint density at radius 2 is 2.47 bits per heavy atom. The number of nitrogens with one attached hydrogen (secondary N) is 1. The molecule has 0 aromatic heterocycles. The van der Waals surface area contributed by atoms with Gasteiger partial charge in [0, 0.05) is 9.89 Å². The number of ether oxygens (including phenoxy) is 1. The summed E-state index contributed by atoms with van der Waals surface area (Å²) in [6.45, 7) is 0.330. The Morgan fingerprint density at radius 3 is 3.16 bits per heavy atom. The van der Waals surface area contributed by atoms with E-state index in [-0.39, 0.29) is 11.9 Å². The van der Waals surface area contributed by atoms with Crippen molar-refractivity contribution in [3.05, 3.63) is 27.6 Å². The molecule has 1 saturated heterocycles. The number of amides is 1. The van der Waals surface area contributed by atoms with Crippen LogP contribution in [-0.4, -0.2) is 32.6 Å².